The van der Waals surface area contributed by atoms with Crippen molar-refractivity contribution in [3.05, 3.63) is 65.6 Å². The van der Waals surface area contributed by atoms with Gasteiger partial charge in [-0.15, -0.1) is 10.2 Å². The van der Waals surface area contributed by atoms with Crippen LogP contribution in [-0.2, 0) is 4.79 Å². The number of aliphatic carboxylic acids is 1. The monoisotopic (exact) mass is 324 g/mol. The van der Waals surface area contributed by atoms with Crippen molar-refractivity contribution in [1.82, 2.24) is 10.2 Å². The molecule has 24 heavy (non-hydrogen) atoms. The lowest BCUT2D eigenvalue weighted by Crippen LogP contribution is -1.95. The Labute approximate surface area is 141 Å². The molecule has 0 radical (unpaired) electrons. The van der Waals surface area contributed by atoms with E-state index in [1.807, 2.05) is 45.0 Å². The molecule has 0 amide bonds. The summed E-state index contributed by atoms with van der Waals surface area (Å²) < 4.78 is 5.75. The first kappa shape index (κ1) is 17.4. The van der Waals surface area contributed by atoms with Crippen LogP contribution in [0.5, 0.6) is 0 Å². The van der Waals surface area contributed by atoms with Gasteiger partial charge in [-0.25, -0.2) is 4.79 Å². The highest BCUT2D eigenvalue weighted by Crippen LogP contribution is 2.24. The van der Waals surface area contributed by atoms with Gasteiger partial charge in [0.1, 0.15) is 0 Å². The maximum absolute atomic E-state index is 10.8. The second-order valence-electron chi connectivity index (χ2n) is 5.44. The van der Waals surface area contributed by atoms with Crippen LogP contribution in [0.15, 0.2) is 53.0 Å². The number of benzene rings is 1. The third kappa shape index (κ3) is 4.07. The molecule has 0 aliphatic heterocycles. The normalized spacial score (nSPS) is 11.9. The lowest BCUT2D eigenvalue weighted by molar-refractivity contribution is -0.132. The topological polar surface area (TPSA) is 76.2 Å². The SMILES string of the molecule is C=C(/C=C\C(=C/CC)c1nnc(-c2ccc(C)c(C)c2)o1)C(=O)O. The van der Waals surface area contributed by atoms with E-state index in [-0.39, 0.29) is 5.57 Å². The summed E-state index contributed by atoms with van der Waals surface area (Å²) in [6.45, 7) is 9.51. The summed E-state index contributed by atoms with van der Waals surface area (Å²) in [7, 11) is 0. The molecule has 0 bridgehead atoms. The molecule has 2 rings (SSSR count). The van der Waals surface area contributed by atoms with E-state index >= 15 is 0 Å². The van der Waals surface area contributed by atoms with E-state index < -0.39 is 5.97 Å². The van der Waals surface area contributed by atoms with Gasteiger partial charge in [-0.2, -0.15) is 0 Å². The lowest BCUT2D eigenvalue weighted by Gasteiger charge is -2.01. The van der Waals surface area contributed by atoms with Gasteiger partial charge in [0, 0.05) is 11.1 Å². The summed E-state index contributed by atoms with van der Waals surface area (Å²) in [5.74, 6) is -0.288. The quantitative estimate of drug-likeness (QED) is 0.631. The molecule has 0 saturated carbocycles. The first-order valence-corrected chi connectivity index (χ1v) is 7.64. The highest BCUT2D eigenvalue weighted by molar-refractivity contribution is 5.90. The second kappa shape index (κ2) is 7.55. The Morgan fingerprint density at radius 3 is 2.62 bits per heavy atom. The second-order valence-corrected chi connectivity index (χ2v) is 5.44. The number of aromatic nitrogens is 2. The predicted molar refractivity (Wildman–Crippen MR) is 93.4 cm³/mol. The number of carboxylic acid groups (broad SMARTS) is 1. The predicted octanol–water partition coefficient (Wildman–Crippen LogP) is 4.34. The Hall–Kier alpha value is -2.95. The van der Waals surface area contributed by atoms with Crippen LogP contribution in [0, 0.1) is 13.8 Å². The van der Waals surface area contributed by atoms with Crippen molar-refractivity contribution >= 4 is 11.5 Å². The van der Waals surface area contributed by atoms with Crippen LogP contribution < -0.4 is 0 Å². The maximum Gasteiger partial charge on any atom is 0.335 e. The molecule has 0 saturated heterocycles. The van der Waals surface area contributed by atoms with Crippen LogP contribution in [0.4, 0.5) is 0 Å². The van der Waals surface area contributed by atoms with Gasteiger partial charge in [-0.3, -0.25) is 0 Å². The summed E-state index contributed by atoms with van der Waals surface area (Å²) in [5.41, 5.74) is 3.86. The minimum atomic E-state index is -1.07. The van der Waals surface area contributed by atoms with E-state index in [9.17, 15) is 4.79 Å². The number of aryl methyl sites for hydroxylation is 2. The van der Waals surface area contributed by atoms with E-state index in [2.05, 4.69) is 16.8 Å². The number of rotatable bonds is 6. The summed E-state index contributed by atoms with van der Waals surface area (Å²) in [5, 5.41) is 17.0. The number of hydrogen-bond donors (Lipinski definition) is 1. The summed E-state index contributed by atoms with van der Waals surface area (Å²) in [6.07, 6.45) is 5.69. The van der Waals surface area contributed by atoms with Crippen LogP contribution in [0.1, 0.15) is 30.4 Å². The molecule has 0 atom stereocenters. The van der Waals surface area contributed by atoms with Crippen molar-refractivity contribution in [2.75, 3.05) is 0 Å². The number of allylic oxidation sites excluding steroid dienone is 3. The van der Waals surface area contributed by atoms with Crippen LogP contribution in [0.2, 0.25) is 0 Å². The molecule has 1 aromatic carbocycles. The molecule has 0 fully saturated rings. The Balaban J connectivity index is 2.32. The molecule has 0 aliphatic rings. The standard InChI is InChI=1S/C19H20N2O3/c1-5-6-15(9-8-13(3)19(22)23)17-20-21-18(24-17)16-10-7-12(2)14(4)11-16/h6-11H,3,5H2,1-2,4H3,(H,22,23)/b9-8-,15-6+. The van der Waals surface area contributed by atoms with Crippen molar-refractivity contribution in [2.45, 2.75) is 27.2 Å². The Morgan fingerprint density at radius 2 is 2.00 bits per heavy atom. The van der Waals surface area contributed by atoms with Crippen molar-refractivity contribution in [2.24, 2.45) is 0 Å². The first-order chi connectivity index (χ1) is 11.4. The third-order valence-corrected chi connectivity index (χ3v) is 3.59. The van der Waals surface area contributed by atoms with Crippen molar-refractivity contribution in [3.63, 3.8) is 0 Å². The van der Waals surface area contributed by atoms with Gasteiger partial charge in [0.15, 0.2) is 0 Å². The number of carbonyl (C=O) groups is 1. The molecule has 5 nitrogen and oxygen atoms in total. The molecular weight excluding hydrogens is 304 g/mol. The molecule has 0 spiro atoms. The fraction of sp³-hybridized carbons (Fsp3) is 0.211. The van der Waals surface area contributed by atoms with Crippen molar-refractivity contribution < 1.29 is 14.3 Å². The van der Waals surface area contributed by atoms with Crippen LogP contribution in [0.3, 0.4) is 0 Å². The highest BCUT2D eigenvalue weighted by atomic mass is 16.4. The van der Waals surface area contributed by atoms with E-state index in [0.29, 0.717) is 17.4 Å². The van der Waals surface area contributed by atoms with Crippen LogP contribution >= 0.6 is 0 Å². The molecule has 1 N–H and O–H groups in total. The van der Waals surface area contributed by atoms with E-state index in [1.165, 1.54) is 11.6 Å². The number of nitrogens with zero attached hydrogens (tertiary/aromatic N) is 2. The van der Waals surface area contributed by atoms with Gasteiger partial charge >= 0.3 is 5.97 Å². The van der Waals surface area contributed by atoms with Gasteiger partial charge in [-0.1, -0.05) is 25.6 Å². The molecule has 2 aromatic rings. The van der Waals surface area contributed by atoms with Crippen LogP contribution in [-0.4, -0.2) is 21.3 Å². The average Bonchev–Trinajstić information content (AvgIpc) is 3.03. The molecular formula is C19H20N2O3. The minimum Gasteiger partial charge on any atom is -0.478 e. The van der Waals surface area contributed by atoms with E-state index in [4.69, 9.17) is 9.52 Å². The smallest absolute Gasteiger partial charge is 0.335 e. The zero-order valence-electron chi connectivity index (χ0n) is 14.0. The fourth-order valence-corrected chi connectivity index (χ4v) is 2.04. The maximum atomic E-state index is 10.8. The van der Waals surface area contributed by atoms with Crippen LogP contribution in [0.25, 0.3) is 17.0 Å². The van der Waals surface area contributed by atoms with Gasteiger partial charge < -0.3 is 9.52 Å². The summed E-state index contributed by atoms with van der Waals surface area (Å²) in [6, 6.07) is 5.94. The molecule has 5 heteroatoms. The Morgan fingerprint density at radius 1 is 1.25 bits per heavy atom. The van der Waals surface area contributed by atoms with E-state index in [1.54, 1.807) is 6.08 Å². The van der Waals surface area contributed by atoms with Gasteiger partial charge in [-0.05, 0) is 55.7 Å². The largest absolute Gasteiger partial charge is 0.478 e. The zero-order valence-corrected chi connectivity index (χ0v) is 14.0. The highest BCUT2D eigenvalue weighted by Gasteiger charge is 2.12. The first-order valence-electron chi connectivity index (χ1n) is 7.64. The van der Waals surface area contributed by atoms with Gasteiger partial charge in [0.25, 0.3) is 0 Å². The van der Waals surface area contributed by atoms with Gasteiger partial charge in [0.05, 0.1) is 5.57 Å². The van der Waals surface area contributed by atoms with Crippen molar-refractivity contribution in [3.8, 4) is 11.5 Å². The summed E-state index contributed by atoms with van der Waals surface area (Å²) in [4.78, 5) is 10.8. The molecule has 124 valence electrons. The molecule has 0 aliphatic carbocycles. The molecule has 0 unspecified atom stereocenters. The number of carboxylic acids is 1. The summed E-state index contributed by atoms with van der Waals surface area (Å²) >= 11 is 0. The van der Waals surface area contributed by atoms with E-state index in [0.717, 1.165) is 17.5 Å². The third-order valence-electron chi connectivity index (χ3n) is 3.59. The van der Waals surface area contributed by atoms with Crippen molar-refractivity contribution in [1.29, 1.82) is 0 Å². The molecule has 1 aromatic heterocycles. The average molecular weight is 324 g/mol. The lowest BCUT2D eigenvalue weighted by atomic mass is 10.1. The zero-order chi connectivity index (χ0) is 17.7. The van der Waals surface area contributed by atoms with Gasteiger partial charge in [0.2, 0.25) is 11.8 Å². The molecule has 1 heterocycles. The Kier molecular flexibility index (Phi) is 5.47. The Bertz CT molecular complexity index is 829. The number of hydrogen-bond acceptors (Lipinski definition) is 4. The fourth-order valence-electron chi connectivity index (χ4n) is 2.04. The minimum absolute atomic E-state index is 0.00842.